The molecule has 1 aromatic heterocycles. The minimum Gasteiger partial charge on any atom is -0.367 e. The van der Waals surface area contributed by atoms with Gasteiger partial charge in [0.2, 0.25) is 0 Å². The standard InChI is InChI=1S/C12H21FN4/c1-9(2)17(4)7-5-6-14-12-11(13)10(3)15-8-16-12/h8-9H,5-7H2,1-4H3,(H,14,15,16). The lowest BCUT2D eigenvalue weighted by molar-refractivity contribution is 0.273. The Bertz CT molecular complexity index is 354. The monoisotopic (exact) mass is 240 g/mol. The van der Waals surface area contributed by atoms with Gasteiger partial charge in [0.25, 0.3) is 0 Å². The molecule has 5 heteroatoms. The maximum atomic E-state index is 13.5. The van der Waals surface area contributed by atoms with Crippen LogP contribution in [0, 0.1) is 12.7 Å². The summed E-state index contributed by atoms with van der Waals surface area (Å²) in [5.74, 6) is -0.0607. The molecular weight excluding hydrogens is 219 g/mol. The summed E-state index contributed by atoms with van der Waals surface area (Å²) in [7, 11) is 2.08. The largest absolute Gasteiger partial charge is 0.367 e. The number of nitrogens with zero attached hydrogens (tertiary/aromatic N) is 3. The van der Waals surface area contributed by atoms with Crippen LogP contribution in [0.5, 0.6) is 0 Å². The summed E-state index contributed by atoms with van der Waals surface area (Å²) in [5.41, 5.74) is 0.377. The number of hydrogen-bond acceptors (Lipinski definition) is 4. The van der Waals surface area contributed by atoms with E-state index in [1.165, 1.54) is 6.33 Å². The van der Waals surface area contributed by atoms with Crippen molar-refractivity contribution in [3.63, 3.8) is 0 Å². The van der Waals surface area contributed by atoms with Crippen LogP contribution >= 0.6 is 0 Å². The van der Waals surface area contributed by atoms with Crippen molar-refractivity contribution in [1.29, 1.82) is 0 Å². The second-order valence-electron chi connectivity index (χ2n) is 4.48. The zero-order chi connectivity index (χ0) is 12.8. The first-order valence-corrected chi connectivity index (χ1v) is 5.93. The van der Waals surface area contributed by atoms with Gasteiger partial charge in [-0.2, -0.15) is 0 Å². The van der Waals surface area contributed by atoms with E-state index in [9.17, 15) is 4.39 Å². The molecule has 0 saturated heterocycles. The zero-order valence-corrected chi connectivity index (χ0v) is 11.0. The Labute approximate surface area is 102 Å². The topological polar surface area (TPSA) is 41.1 Å². The highest BCUT2D eigenvalue weighted by molar-refractivity contribution is 5.36. The van der Waals surface area contributed by atoms with E-state index < -0.39 is 0 Å². The van der Waals surface area contributed by atoms with E-state index in [0.717, 1.165) is 13.0 Å². The summed E-state index contributed by atoms with van der Waals surface area (Å²) in [6.07, 6.45) is 2.33. The normalized spacial score (nSPS) is 11.2. The van der Waals surface area contributed by atoms with Crippen molar-refractivity contribution in [2.24, 2.45) is 0 Å². The second kappa shape index (κ2) is 6.49. The molecule has 0 saturated carbocycles. The first-order valence-electron chi connectivity index (χ1n) is 5.93. The number of rotatable bonds is 6. The predicted molar refractivity (Wildman–Crippen MR) is 67.6 cm³/mol. The minimum absolute atomic E-state index is 0.296. The van der Waals surface area contributed by atoms with Crippen LogP contribution in [0.2, 0.25) is 0 Å². The van der Waals surface area contributed by atoms with Gasteiger partial charge >= 0.3 is 0 Å². The van der Waals surface area contributed by atoms with E-state index in [4.69, 9.17) is 0 Å². The molecule has 0 aromatic carbocycles. The highest BCUT2D eigenvalue weighted by atomic mass is 19.1. The molecule has 0 spiro atoms. The lowest BCUT2D eigenvalue weighted by atomic mass is 10.3. The first kappa shape index (κ1) is 13.8. The van der Waals surface area contributed by atoms with Gasteiger partial charge in [0.15, 0.2) is 11.6 Å². The van der Waals surface area contributed by atoms with Crippen LogP contribution in [0.3, 0.4) is 0 Å². The van der Waals surface area contributed by atoms with Gasteiger partial charge in [0.1, 0.15) is 6.33 Å². The molecular formula is C12H21FN4. The fraction of sp³-hybridized carbons (Fsp3) is 0.667. The number of aromatic nitrogens is 2. The molecule has 1 heterocycles. The summed E-state index contributed by atoms with van der Waals surface area (Å²) in [5, 5.41) is 3.00. The highest BCUT2D eigenvalue weighted by Crippen LogP contribution is 2.11. The Balaban J connectivity index is 2.34. The van der Waals surface area contributed by atoms with Crippen LogP contribution in [-0.2, 0) is 0 Å². The maximum absolute atomic E-state index is 13.5. The SMILES string of the molecule is Cc1ncnc(NCCCN(C)C(C)C)c1F. The molecule has 17 heavy (non-hydrogen) atoms. The molecule has 0 fully saturated rings. The van der Waals surface area contributed by atoms with Crippen LogP contribution in [0.25, 0.3) is 0 Å². The summed E-state index contributed by atoms with van der Waals surface area (Å²) in [6, 6.07) is 0.535. The van der Waals surface area contributed by atoms with Crippen molar-refractivity contribution in [3.05, 3.63) is 17.8 Å². The van der Waals surface area contributed by atoms with Gasteiger partial charge in [-0.15, -0.1) is 0 Å². The van der Waals surface area contributed by atoms with Gasteiger partial charge in [0.05, 0.1) is 5.69 Å². The first-order chi connectivity index (χ1) is 8.02. The molecule has 1 N–H and O–H groups in total. The van der Waals surface area contributed by atoms with E-state index in [1.807, 2.05) is 0 Å². The number of aryl methyl sites for hydroxylation is 1. The van der Waals surface area contributed by atoms with E-state index >= 15 is 0 Å². The van der Waals surface area contributed by atoms with Crippen molar-refractivity contribution in [2.45, 2.75) is 33.2 Å². The quantitative estimate of drug-likeness (QED) is 0.773. The minimum atomic E-state index is -0.357. The average molecular weight is 240 g/mol. The molecule has 4 nitrogen and oxygen atoms in total. The van der Waals surface area contributed by atoms with Crippen LogP contribution in [-0.4, -0.2) is 41.0 Å². The van der Waals surface area contributed by atoms with E-state index in [0.29, 0.717) is 24.1 Å². The molecule has 1 rings (SSSR count). The fourth-order valence-electron chi connectivity index (χ4n) is 1.37. The highest BCUT2D eigenvalue weighted by Gasteiger charge is 2.07. The fourth-order valence-corrected chi connectivity index (χ4v) is 1.37. The number of nitrogens with one attached hydrogen (secondary N) is 1. The van der Waals surface area contributed by atoms with Crippen molar-refractivity contribution >= 4 is 5.82 Å². The molecule has 0 unspecified atom stereocenters. The molecule has 0 aliphatic carbocycles. The van der Waals surface area contributed by atoms with Gasteiger partial charge in [-0.1, -0.05) is 0 Å². The molecule has 0 radical (unpaired) electrons. The van der Waals surface area contributed by atoms with Gasteiger partial charge in [-0.25, -0.2) is 14.4 Å². The summed E-state index contributed by atoms with van der Waals surface area (Å²) < 4.78 is 13.5. The lowest BCUT2D eigenvalue weighted by Crippen LogP contribution is -2.28. The number of hydrogen-bond donors (Lipinski definition) is 1. The molecule has 0 bridgehead atoms. The Morgan fingerprint density at radius 3 is 2.76 bits per heavy atom. The van der Waals surface area contributed by atoms with Gasteiger partial charge in [-0.05, 0) is 40.8 Å². The Kier molecular flexibility index (Phi) is 5.28. The zero-order valence-electron chi connectivity index (χ0n) is 11.0. The molecule has 1 aromatic rings. The Hall–Kier alpha value is -1.23. The molecule has 0 amide bonds. The third-order valence-electron chi connectivity index (χ3n) is 2.83. The predicted octanol–water partition coefficient (Wildman–Crippen LogP) is 2.07. The van der Waals surface area contributed by atoms with Gasteiger partial charge < -0.3 is 10.2 Å². The number of anilines is 1. The summed E-state index contributed by atoms with van der Waals surface area (Å²) in [4.78, 5) is 9.92. The van der Waals surface area contributed by atoms with E-state index in [1.54, 1.807) is 6.92 Å². The Morgan fingerprint density at radius 2 is 2.12 bits per heavy atom. The molecule has 0 aliphatic rings. The van der Waals surface area contributed by atoms with Gasteiger partial charge in [-0.3, -0.25) is 0 Å². The van der Waals surface area contributed by atoms with Crippen LogP contribution < -0.4 is 5.32 Å². The smallest absolute Gasteiger partial charge is 0.186 e. The lowest BCUT2D eigenvalue weighted by Gasteiger charge is -2.20. The molecule has 96 valence electrons. The number of halogens is 1. The van der Waals surface area contributed by atoms with Crippen LogP contribution in [0.15, 0.2) is 6.33 Å². The molecule has 0 aliphatic heterocycles. The maximum Gasteiger partial charge on any atom is 0.186 e. The third-order valence-corrected chi connectivity index (χ3v) is 2.83. The van der Waals surface area contributed by atoms with E-state index in [2.05, 4.69) is 41.1 Å². The van der Waals surface area contributed by atoms with Crippen molar-refractivity contribution in [3.8, 4) is 0 Å². The second-order valence-corrected chi connectivity index (χ2v) is 4.48. The van der Waals surface area contributed by atoms with Crippen molar-refractivity contribution < 1.29 is 4.39 Å². The van der Waals surface area contributed by atoms with Crippen LogP contribution in [0.4, 0.5) is 10.2 Å². The van der Waals surface area contributed by atoms with Crippen LogP contribution in [0.1, 0.15) is 26.0 Å². The molecule has 0 atom stereocenters. The summed E-state index contributed by atoms with van der Waals surface area (Å²) >= 11 is 0. The van der Waals surface area contributed by atoms with Crippen molar-refractivity contribution in [2.75, 3.05) is 25.5 Å². The van der Waals surface area contributed by atoms with Crippen molar-refractivity contribution in [1.82, 2.24) is 14.9 Å². The average Bonchev–Trinajstić information content (AvgIpc) is 2.29. The van der Waals surface area contributed by atoms with Gasteiger partial charge in [0, 0.05) is 12.6 Å². The third kappa shape index (κ3) is 4.26. The summed E-state index contributed by atoms with van der Waals surface area (Å²) in [6.45, 7) is 7.64. The van der Waals surface area contributed by atoms with E-state index in [-0.39, 0.29) is 5.82 Å². The Morgan fingerprint density at radius 1 is 1.41 bits per heavy atom.